The van der Waals surface area contributed by atoms with Crippen LogP contribution in [0.4, 0.5) is 0 Å². The Labute approximate surface area is 230 Å². The van der Waals surface area contributed by atoms with Gasteiger partial charge in [0.25, 0.3) is 5.91 Å². The number of amides is 1. The molecule has 3 N–H and O–H groups in total. The number of rotatable bonds is 9. The molecule has 0 unspecified atom stereocenters. The molecule has 3 rings (SSSR count). The first kappa shape index (κ1) is 27.6. The Morgan fingerprint density at radius 3 is 2.58 bits per heavy atom. The van der Waals surface area contributed by atoms with Crippen molar-refractivity contribution >= 4 is 67.3 Å². The lowest BCUT2D eigenvalue weighted by molar-refractivity contribution is -0.139. The van der Waals surface area contributed by atoms with Crippen LogP contribution in [-0.4, -0.2) is 43.5 Å². The van der Waals surface area contributed by atoms with Crippen LogP contribution in [0.2, 0.25) is 0 Å². The Balaban J connectivity index is 1.70. The molecule has 0 saturated heterocycles. The van der Waals surface area contributed by atoms with Crippen LogP contribution in [-0.2, 0) is 14.3 Å². The van der Waals surface area contributed by atoms with Crippen LogP contribution in [0, 0.1) is 0 Å². The smallest absolute Gasteiger partial charge is 0.338 e. The minimum Gasteiger partial charge on any atom is -0.494 e. The van der Waals surface area contributed by atoms with Gasteiger partial charge in [-0.1, -0.05) is 18.2 Å². The lowest BCUT2D eigenvalue weighted by Crippen LogP contribution is -2.45. The van der Waals surface area contributed by atoms with Gasteiger partial charge in [0.1, 0.15) is 11.5 Å². The zero-order valence-electron chi connectivity index (χ0n) is 19.7. The molecule has 1 heterocycles. The maximum absolute atomic E-state index is 12.7. The normalized spacial score (nSPS) is 15.2. The molecule has 0 radical (unpaired) electrons. The van der Waals surface area contributed by atoms with Crippen LogP contribution >= 0.6 is 44.1 Å². The number of ether oxygens (including phenoxy) is 3. The van der Waals surface area contributed by atoms with Gasteiger partial charge in [0.2, 0.25) is 0 Å². The van der Waals surface area contributed by atoms with Gasteiger partial charge in [-0.2, -0.15) is 5.10 Å². The molecule has 1 aliphatic rings. The monoisotopic (exact) mass is 638 g/mol. The van der Waals surface area contributed by atoms with E-state index in [2.05, 4.69) is 53.0 Å². The molecule has 36 heavy (non-hydrogen) atoms. The fourth-order valence-electron chi connectivity index (χ4n) is 3.46. The fourth-order valence-corrected chi connectivity index (χ4v) is 5.28. The number of hydrazone groups is 1. The largest absolute Gasteiger partial charge is 0.494 e. The highest BCUT2D eigenvalue weighted by Crippen LogP contribution is 2.34. The van der Waals surface area contributed by atoms with Gasteiger partial charge in [0.05, 0.1) is 40.5 Å². The van der Waals surface area contributed by atoms with E-state index in [-0.39, 0.29) is 13.2 Å². The lowest BCUT2D eigenvalue weighted by Gasteiger charge is -2.30. The number of thiocarbonyl (C=S) groups is 1. The third-order valence-corrected chi connectivity index (χ3v) is 6.38. The Hall–Kier alpha value is -2.96. The molecule has 1 aliphatic heterocycles. The summed E-state index contributed by atoms with van der Waals surface area (Å²) in [4.78, 5) is 25.0. The molecule has 2 aromatic rings. The number of hydrogen-bond donors (Lipinski definition) is 3. The van der Waals surface area contributed by atoms with Crippen molar-refractivity contribution in [2.45, 2.75) is 19.9 Å². The Morgan fingerprint density at radius 1 is 1.22 bits per heavy atom. The van der Waals surface area contributed by atoms with Crippen molar-refractivity contribution in [1.29, 1.82) is 0 Å². The van der Waals surface area contributed by atoms with Gasteiger partial charge < -0.3 is 24.8 Å². The van der Waals surface area contributed by atoms with E-state index in [9.17, 15) is 9.59 Å². The van der Waals surface area contributed by atoms with Crippen molar-refractivity contribution in [3.05, 3.63) is 67.7 Å². The highest BCUT2D eigenvalue weighted by molar-refractivity contribution is 9.11. The van der Waals surface area contributed by atoms with E-state index in [0.717, 1.165) is 14.5 Å². The molecule has 0 fully saturated rings. The van der Waals surface area contributed by atoms with E-state index in [1.165, 1.54) is 6.21 Å². The van der Waals surface area contributed by atoms with Crippen molar-refractivity contribution in [2.24, 2.45) is 5.10 Å². The van der Waals surface area contributed by atoms with Crippen molar-refractivity contribution in [1.82, 2.24) is 16.1 Å². The molecule has 1 atom stereocenters. The molecule has 0 aliphatic carbocycles. The van der Waals surface area contributed by atoms with Gasteiger partial charge >= 0.3 is 5.97 Å². The molecule has 0 saturated carbocycles. The number of methoxy groups -OCH3 is 1. The first-order valence-electron chi connectivity index (χ1n) is 10.8. The zero-order chi connectivity index (χ0) is 26.2. The van der Waals surface area contributed by atoms with Crippen molar-refractivity contribution in [2.75, 3.05) is 20.3 Å². The second-order valence-corrected chi connectivity index (χ2v) is 9.55. The summed E-state index contributed by atoms with van der Waals surface area (Å²) in [5.74, 6) is 0.139. The quantitative estimate of drug-likeness (QED) is 0.163. The van der Waals surface area contributed by atoms with Gasteiger partial charge in [0.15, 0.2) is 11.7 Å². The molecular weight excluding hydrogens is 616 g/mol. The predicted octanol–water partition coefficient (Wildman–Crippen LogP) is 4.11. The Bertz CT molecular complexity index is 1210. The van der Waals surface area contributed by atoms with Crippen LogP contribution in [0.15, 0.2) is 61.7 Å². The number of hydrogen-bond acceptors (Lipinski definition) is 7. The maximum Gasteiger partial charge on any atom is 0.338 e. The molecule has 0 aromatic heterocycles. The first-order valence-corrected chi connectivity index (χ1v) is 12.8. The predicted molar refractivity (Wildman–Crippen MR) is 147 cm³/mol. The summed E-state index contributed by atoms with van der Waals surface area (Å²) in [6.07, 6.45) is 1.50. The molecule has 1 amide bonds. The van der Waals surface area contributed by atoms with E-state index < -0.39 is 17.9 Å². The molecule has 2 aromatic carbocycles. The van der Waals surface area contributed by atoms with Crippen LogP contribution < -0.4 is 25.5 Å². The van der Waals surface area contributed by atoms with E-state index in [4.69, 9.17) is 26.4 Å². The van der Waals surface area contributed by atoms with Crippen LogP contribution in [0.25, 0.3) is 0 Å². The minimum atomic E-state index is -0.609. The standard InChI is InChI=1S/C24H24Br2N4O5S/c1-4-34-23(32)20-13(2)28-24(36)29-21(20)15-7-5-6-8-18(15)35-12-19(31)30-27-11-14-9-16(25)22(33-3)17(26)10-14/h5-11,21H,4,12H2,1-3H3,(H,30,31)(H2,28,29,36)/t21-/m0/s1. The number of halogens is 2. The molecule has 9 nitrogen and oxygen atoms in total. The number of nitrogens with one attached hydrogen (secondary N) is 3. The summed E-state index contributed by atoms with van der Waals surface area (Å²) < 4.78 is 17.8. The third kappa shape index (κ3) is 6.83. The van der Waals surface area contributed by atoms with Gasteiger partial charge in [-0.25, -0.2) is 10.2 Å². The van der Waals surface area contributed by atoms with E-state index in [1.54, 1.807) is 51.3 Å². The van der Waals surface area contributed by atoms with E-state index in [1.807, 2.05) is 6.07 Å². The molecule has 0 bridgehead atoms. The minimum absolute atomic E-state index is 0.232. The highest BCUT2D eigenvalue weighted by atomic mass is 79.9. The zero-order valence-corrected chi connectivity index (χ0v) is 23.7. The van der Waals surface area contributed by atoms with Gasteiger partial charge in [-0.15, -0.1) is 0 Å². The van der Waals surface area contributed by atoms with Crippen LogP contribution in [0.3, 0.4) is 0 Å². The number of carbonyl (C=O) groups excluding carboxylic acids is 2. The highest BCUT2D eigenvalue weighted by Gasteiger charge is 2.32. The van der Waals surface area contributed by atoms with Gasteiger partial charge in [-0.3, -0.25) is 4.79 Å². The summed E-state index contributed by atoms with van der Waals surface area (Å²) in [5.41, 5.74) is 4.78. The lowest BCUT2D eigenvalue weighted by atomic mass is 9.95. The summed E-state index contributed by atoms with van der Waals surface area (Å²) in [5, 5.41) is 10.4. The average molecular weight is 640 g/mol. The fraction of sp³-hybridized carbons (Fsp3) is 0.250. The molecule has 12 heteroatoms. The van der Waals surface area contributed by atoms with Crippen LogP contribution in [0.1, 0.15) is 31.0 Å². The number of allylic oxidation sites excluding steroid dienone is 1. The van der Waals surface area contributed by atoms with Gasteiger partial charge in [-0.05, 0) is 81.7 Å². The summed E-state index contributed by atoms with van der Waals surface area (Å²) >= 11 is 12.1. The topological polar surface area (TPSA) is 110 Å². The number of para-hydroxylation sites is 1. The maximum atomic E-state index is 12.7. The average Bonchev–Trinajstić information content (AvgIpc) is 2.82. The summed E-state index contributed by atoms with van der Waals surface area (Å²) in [6.45, 7) is 3.43. The van der Waals surface area contributed by atoms with E-state index >= 15 is 0 Å². The molecule has 0 spiro atoms. The Morgan fingerprint density at radius 2 is 1.92 bits per heavy atom. The summed E-state index contributed by atoms with van der Waals surface area (Å²) in [7, 11) is 1.57. The molecular formula is C24H24Br2N4O5S. The number of benzene rings is 2. The second-order valence-electron chi connectivity index (χ2n) is 7.43. The number of nitrogens with zero attached hydrogens (tertiary/aromatic N) is 1. The number of esters is 1. The van der Waals surface area contributed by atoms with Crippen molar-refractivity contribution in [3.8, 4) is 11.5 Å². The first-order chi connectivity index (χ1) is 17.2. The van der Waals surface area contributed by atoms with Crippen molar-refractivity contribution < 1.29 is 23.8 Å². The second kappa shape index (κ2) is 12.8. The molecule has 190 valence electrons. The Kier molecular flexibility index (Phi) is 9.85. The SMILES string of the molecule is CCOC(=O)C1=C(C)NC(=S)N[C@H]1c1ccccc1OCC(=O)NN=Cc1cc(Br)c(OC)c(Br)c1. The van der Waals surface area contributed by atoms with E-state index in [0.29, 0.717) is 33.4 Å². The third-order valence-electron chi connectivity index (χ3n) is 4.98. The number of carbonyl (C=O) groups is 2. The van der Waals surface area contributed by atoms with Gasteiger partial charge in [0, 0.05) is 11.3 Å². The van der Waals surface area contributed by atoms with Crippen molar-refractivity contribution in [3.63, 3.8) is 0 Å². The van der Waals surface area contributed by atoms with Crippen LogP contribution in [0.5, 0.6) is 11.5 Å². The summed E-state index contributed by atoms with van der Waals surface area (Å²) in [6, 6.07) is 10.1.